The van der Waals surface area contributed by atoms with Crippen LogP contribution in [-0.2, 0) is 9.59 Å². The van der Waals surface area contributed by atoms with Crippen molar-refractivity contribution in [1.29, 1.82) is 0 Å². The van der Waals surface area contributed by atoms with Gasteiger partial charge in [0.25, 0.3) is 11.7 Å². The molecule has 1 amide bonds. The molecule has 1 unspecified atom stereocenters. The van der Waals surface area contributed by atoms with Crippen molar-refractivity contribution >= 4 is 23.1 Å². The predicted molar refractivity (Wildman–Crippen MR) is 122 cm³/mol. The maximum Gasteiger partial charge on any atom is 0.300 e. The summed E-state index contributed by atoms with van der Waals surface area (Å²) < 4.78 is 25.6. The van der Waals surface area contributed by atoms with Crippen LogP contribution in [0, 0.1) is 12.7 Å². The topological polar surface area (TPSA) is 76.1 Å². The minimum absolute atomic E-state index is 0.0848. The molecule has 0 spiro atoms. The van der Waals surface area contributed by atoms with Crippen molar-refractivity contribution in [2.45, 2.75) is 13.0 Å². The molecule has 1 atom stereocenters. The van der Waals surface area contributed by atoms with Gasteiger partial charge in [0.05, 0.1) is 31.4 Å². The molecular formula is C26H22FNO5. The number of carbonyl (C=O) groups is 2. The Morgan fingerprint density at radius 3 is 2.39 bits per heavy atom. The number of rotatable bonds is 5. The van der Waals surface area contributed by atoms with Gasteiger partial charge in [0.15, 0.2) is 0 Å². The minimum atomic E-state index is -1.18. The lowest BCUT2D eigenvalue weighted by atomic mass is 9.94. The van der Waals surface area contributed by atoms with Gasteiger partial charge in [-0.05, 0) is 48.9 Å². The number of anilines is 1. The van der Waals surface area contributed by atoms with Gasteiger partial charge in [-0.1, -0.05) is 30.3 Å². The van der Waals surface area contributed by atoms with Crippen LogP contribution in [0.1, 0.15) is 22.7 Å². The van der Waals surface area contributed by atoms with Crippen molar-refractivity contribution in [3.05, 3.63) is 94.8 Å². The van der Waals surface area contributed by atoms with Crippen LogP contribution in [-0.4, -0.2) is 31.0 Å². The van der Waals surface area contributed by atoms with Crippen molar-refractivity contribution in [3.63, 3.8) is 0 Å². The van der Waals surface area contributed by atoms with Gasteiger partial charge >= 0.3 is 0 Å². The van der Waals surface area contributed by atoms with E-state index in [9.17, 15) is 19.1 Å². The highest BCUT2D eigenvalue weighted by Crippen LogP contribution is 2.44. The second-order valence-corrected chi connectivity index (χ2v) is 7.60. The van der Waals surface area contributed by atoms with Gasteiger partial charge in [0.1, 0.15) is 23.1 Å². The number of amides is 1. The van der Waals surface area contributed by atoms with Gasteiger partial charge in [-0.2, -0.15) is 0 Å². The number of benzene rings is 3. The normalized spacial score (nSPS) is 17.3. The molecule has 33 heavy (non-hydrogen) atoms. The number of hydrogen-bond acceptors (Lipinski definition) is 5. The highest BCUT2D eigenvalue weighted by Gasteiger charge is 2.48. The first-order chi connectivity index (χ1) is 15.9. The van der Waals surface area contributed by atoms with Crippen molar-refractivity contribution in [2.24, 2.45) is 0 Å². The standard InChI is InChI=1S/C26H22FNO5/c1-15-7-6-8-16(13-15)28-23(18-9-4-5-10-20(18)27)22(25(30)26(28)31)24(29)19-14-17(32-2)11-12-21(19)33-3/h4-14,23,29H,1-3H3/b24-22+. The molecular weight excluding hydrogens is 425 g/mol. The summed E-state index contributed by atoms with van der Waals surface area (Å²) in [5, 5.41) is 11.3. The summed E-state index contributed by atoms with van der Waals surface area (Å²) in [6.45, 7) is 1.85. The zero-order valence-corrected chi connectivity index (χ0v) is 18.3. The number of Topliss-reactive ketones (excluding diaryl/α,β-unsaturated/α-hetero) is 1. The van der Waals surface area contributed by atoms with Gasteiger partial charge in [-0.15, -0.1) is 0 Å². The van der Waals surface area contributed by atoms with Crippen LogP contribution < -0.4 is 14.4 Å². The van der Waals surface area contributed by atoms with E-state index in [4.69, 9.17) is 9.47 Å². The molecule has 3 aromatic rings. The Balaban J connectivity index is 2.02. The van der Waals surface area contributed by atoms with Crippen LogP contribution in [0.3, 0.4) is 0 Å². The van der Waals surface area contributed by atoms with Crippen LogP contribution in [0.5, 0.6) is 11.5 Å². The number of aryl methyl sites for hydroxylation is 1. The number of ether oxygens (including phenoxy) is 2. The van der Waals surface area contributed by atoms with E-state index in [0.717, 1.165) is 5.56 Å². The molecule has 1 fully saturated rings. The van der Waals surface area contributed by atoms with Crippen molar-refractivity contribution in [2.75, 3.05) is 19.1 Å². The monoisotopic (exact) mass is 447 g/mol. The molecule has 3 aromatic carbocycles. The van der Waals surface area contributed by atoms with Crippen molar-refractivity contribution < 1.29 is 28.6 Å². The van der Waals surface area contributed by atoms with Gasteiger partial charge < -0.3 is 14.6 Å². The summed E-state index contributed by atoms with van der Waals surface area (Å²) in [4.78, 5) is 27.6. The Morgan fingerprint density at radius 2 is 1.73 bits per heavy atom. The molecule has 1 aliphatic rings. The third kappa shape index (κ3) is 3.82. The first kappa shape index (κ1) is 22.1. The second kappa shape index (κ2) is 8.78. The Morgan fingerprint density at radius 1 is 0.970 bits per heavy atom. The Kier molecular flexibility index (Phi) is 5.87. The van der Waals surface area contributed by atoms with E-state index in [1.54, 1.807) is 36.4 Å². The number of ketones is 1. The fraction of sp³-hybridized carbons (Fsp3) is 0.154. The van der Waals surface area contributed by atoms with E-state index in [0.29, 0.717) is 11.4 Å². The van der Waals surface area contributed by atoms with Crippen molar-refractivity contribution in [1.82, 2.24) is 0 Å². The number of hydrogen-bond donors (Lipinski definition) is 1. The number of aliphatic hydroxyl groups excluding tert-OH is 1. The molecule has 0 bridgehead atoms. The van der Waals surface area contributed by atoms with Crippen LogP contribution in [0.4, 0.5) is 10.1 Å². The molecule has 1 saturated heterocycles. The minimum Gasteiger partial charge on any atom is -0.507 e. The maximum atomic E-state index is 15.0. The van der Waals surface area contributed by atoms with Gasteiger partial charge in [0.2, 0.25) is 0 Å². The molecule has 1 aliphatic heterocycles. The Labute approximate surface area is 190 Å². The molecule has 4 rings (SSSR count). The van der Waals surface area contributed by atoms with E-state index in [1.165, 1.54) is 43.4 Å². The lowest BCUT2D eigenvalue weighted by Gasteiger charge is -2.26. The third-order valence-corrected chi connectivity index (χ3v) is 5.59. The maximum absolute atomic E-state index is 15.0. The molecule has 0 aliphatic carbocycles. The van der Waals surface area contributed by atoms with Gasteiger partial charge in [0, 0.05) is 11.3 Å². The average molecular weight is 447 g/mol. The van der Waals surface area contributed by atoms with E-state index in [1.807, 2.05) is 13.0 Å². The van der Waals surface area contributed by atoms with Gasteiger partial charge in [-0.25, -0.2) is 4.39 Å². The molecule has 6 nitrogen and oxygen atoms in total. The Hall–Kier alpha value is -4.13. The number of halogens is 1. The second-order valence-electron chi connectivity index (χ2n) is 7.60. The first-order valence-corrected chi connectivity index (χ1v) is 10.2. The lowest BCUT2D eigenvalue weighted by molar-refractivity contribution is -0.132. The molecule has 0 aromatic heterocycles. The van der Waals surface area contributed by atoms with Crippen LogP contribution in [0.2, 0.25) is 0 Å². The van der Waals surface area contributed by atoms with Crippen molar-refractivity contribution in [3.8, 4) is 11.5 Å². The summed E-state index contributed by atoms with van der Waals surface area (Å²) in [5.74, 6) is -2.20. The van der Waals surface area contributed by atoms with E-state index in [-0.39, 0.29) is 22.4 Å². The Bertz CT molecular complexity index is 1280. The molecule has 1 heterocycles. The molecule has 7 heteroatoms. The number of aliphatic hydroxyl groups is 1. The number of carbonyl (C=O) groups excluding carboxylic acids is 2. The lowest BCUT2D eigenvalue weighted by Crippen LogP contribution is -2.29. The van der Waals surface area contributed by atoms with E-state index < -0.39 is 29.3 Å². The molecule has 0 saturated carbocycles. The van der Waals surface area contributed by atoms with Crippen LogP contribution in [0.15, 0.2) is 72.3 Å². The fourth-order valence-corrected chi connectivity index (χ4v) is 4.01. The van der Waals surface area contributed by atoms with Gasteiger partial charge in [-0.3, -0.25) is 14.5 Å². The predicted octanol–water partition coefficient (Wildman–Crippen LogP) is 4.78. The fourth-order valence-electron chi connectivity index (χ4n) is 4.01. The smallest absolute Gasteiger partial charge is 0.300 e. The first-order valence-electron chi connectivity index (χ1n) is 10.2. The summed E-state index contributed by atoms with van der Waals surface area (Å²) in [6.07, 6.45) is 0. The van der Waals surface area contributed by atoms with E-state index in [2.05, 4.69) is 0 Å². The summed E-state index contributed by atoms with van der Waals surface area (Å²) in [5.41, 5.74) is 1.28. The number of nitrogens with zero attached hydrogens (tertiary/aromatic N) is 1. The zero-order chi connectivity index (χ0) is 23.7. The highest BCUT2D eigenvalue weighted by molar-refractivity contribution is 6.51. The zero-order valence-electron chi connectivity index (χ0n) is 18.3. The molecule has 0 radical (unpaired) electrons. The van der Waals surface area contributed by atoms with E-state index >= 15 is 0 Å². The number of methoxy groups -OCH3 is 2. The largest absolute Gasteiger partial charge is 0.507 e. The average Bonchev–Trinajstić information content (AvgIpc) is 3.08. The molecule has 1 N–H and O–H groups in total. The van der Waals surface area contributed by atoms with Crippen LogP contribution in [0.25, 0.3) is 5.76 Å². The third-order valence-electron chi connectivity index (χ3n) is 5.59. The SMILES string of the molecule is COc1ccc(OC)c(/C(O)=C2\C(=O)C(=O)N(c3cccc(C)c3)C2c2ccccc2F)c1. The summed E-state index contributed by atoms with van der Waals surface area (Å²) in [6, 6.07) is 16.4. The highest BCUT2D eigenvalue weighted by atomic mass is 19.1. The molecule has 168 valence electrons. The quantitative estimate of drug-likeness (QED) is 0.346. The summed E-state index contributed by atoms with van der Waals surface area (Å²) >= 11 is 0. The van der Waals surface area contributed by atoms with Crippen LogP contribution >= 0.6 is 0 Å². The summed E-state index contributed by atoms with van der Waals surface area (Å²) in [7, 11) is 2.87.